The van der Waals surface area contributed by atoms with Gasteiger partial charge in [0.25, 0.3) is 0 Å². The number of hydrogen-bond donors (Lipinski definition) is 1. The van der Waals surface area contributed by atoms with Gasteiger partial charge < -0.3 is 24.8 Å². The molecular weight excluding hydrogens is 519 g/mol. The van der Waals surface area contributed by atoms with Crippen molar-refractivity contribution < 1.29 is 18.7 Å². The molecule has 0 bridgehead atoms. The van der Waals surface area contributed by atoms with Crippen molar-refractivity contribution in [1.29, 1.82) is 0 Å². The van der Waals surface area contributed by atoms with Gasteiger partial charge in [0.15, 0.2) is 0 Å². The van der Waals surface area contributed by atoms with Gasteiger partial charge in [0.1, 0.15) is 5.82 Å². The summed E-state index contributed by atoms with van der Waals surface area (Å²) in [5, 5.41) is 3.80. The van der Waals surface area contributed by atoms with Gasteiger partial charge in [-0.2, -0.15) is 0 Å². The lowest BCUT2D eigenvalue weighted by Gasteiger charge is -2.39. The maximum absolute atomic E-state index is 15.4. The van der Waals surface area contributed by atoms with Gasteiger partial charge in [0.2, 0.25) is 11.8 Å². The van der Waals surface area contributed by atoms with E-state index in [4.69, 9.17) is 16.3 Å². The zero-order chi connectivity index (χ0) is 28.1. The standard InChI is InChI=1S/C30H40ClFN4O3/c1-20(2)28(33-27(37)12-13-34(3)4)23-6-5-7-26(32)29(23)35-14-16-36(17-15-35)30(38)25-19-39-18-24(25)21-8-10-22(31)11-9-21/h5-11,20,24-25,28H,12-19H2,1-4H3,(H,33,37)/t24-,25+,28+/m1/s1. The highest BCUT2D eigenvalue weighted by molar-refractivity contribution is 6.30. The molecule has 0 radical (unpaired) electrons. The second kappa shape index (κ2) is 13.1. The number of nitrogens with zero attached hydrogens (tertiary/aromatic N) is 3. The van der Waals surface area contributed by atoms with Crippen LogP contribution in [0.25, 0.3) is 0 Å². The third kappa shape index (κ3) is 7.10. The van der Waals surface area contributed by atoms with Gasteiger partial charge in [-0.3, -0.25) is 9.59 Å². The van der Waals surface area contributed by atoms with Crippen molar-refractivity contribution in [3.8, 4) is 0 Å². The molecule has 4 rings (SSSR count). The molecule has 2 aromatic carbocycles. The molecule has 2 aromatic rings. The molecule has 0 spiro atoms. The number of amides is 2. The Hall–Kier alpha value is -2.68. The molecule has 0 saturated carbocycles. The van der Waals surface area contributed by atoms with Crippen LogP contribution in [0.3, 0.4) is 0 Å². The van der Waals surface area contributed by atoms with E-state index < -0.39 is 0 Å². The number of benzene rings is 2. The summed E-state index contributed by atoms with van der Waals surface area (Å²) < 4.78 is 21.1. The molecule has 212 valence electrons. The summed E-state index contributed by atoms with van der Waals surface area (Å²) in [4.78, 5) is 32.1. The molecule has 39 heavy (non-hydrogen) atoms. The Kier molecular flexibility index (Phi) is 9.86. The number of para-hydroxylation sites is 1. The molecule has 7 nitrogen and oxygen atoms in total. The van der Waals surface area contributed by atoms with Gasteiger partial charge in [-0.15, -0.1) is 0 Å². The molecule has 2 saturated heterocycles. The quantitative estimate of drug-likeness (QED) is 0.496. The Bertz CT molecular complexity index is 1140. The van der Waals surface area contributed by atoms with Crippen LogP contribution in [0, 0.1) is 17.7 Å². The van der Waals surface area contributed by atoms with Crippen LogP contribution < -0.4 is 10.2 Å². The molecule has 1 N–H and O–H groups in total. The monoisotopic (exact) mass is 558 g/mol. The number of hydrogen-bond acceptors (Lipinski definition) is 5. The predicted molar refractivity (Wildman–Crippen MR) is 153 cm³/mol. The first-order valence-corrected chi connectivity index (χ1v) is 14.1. The van der Waals surface area contributed by atoms with Crippen molar-refractivity contribution >= 4 is 29.1 Å². The van der Waals surface area contributed by atoms with Crippen LogP contribution >= 0.6 is 11.6 Å². The van der Waals surface area contributed by atoms with Crippen LogP contribution in [0.4, 0.5) is 10.1 Å². The van der Waals surface area contributed by atoms with E-state index in [2.05, 4.69) is 5.32 Å². The first-order valence-electron chi connectivity index (χ1n) is 13.7. The number of carbonyl (C=O) groups excluding carboxylic acids is 2. The van der Waals surface area contributed by atoms with Gasteiger partial charge in [-0.05, 0) is 43.8 Å². The van der Waals surface area contributed by atoms with Crippen molar-refractivity contribution in [2.45, 2.75) is 32.2 Å². The molecule has 0 aromatic heterocycles. The molecule has 9 heteroatoms. The maximum atomic E-state index is 15.4. The zero-order valence-corrected chi connectivity index (χ0v) is 24.1. The summed E-state index contributed by atoms with van der Waals surface area (Å²) >= 11 is 6.05. The Morgan fingerprint density at radius 3 is 2.41 bits per heavy atom. The number of ether oxygens (including phenoxy) is 1. The fraction of sp³-hybridized carbons (Fsp3) is 0.533. The lowest BCUT2D eigenvalue weighted by Crippen LogP contribution is -2.51. The van der Waals surface area contributed by atoms with Crippen LogP contribution in [0.5, 0.6) is 0 Å². The predicted octanol–water partition coefficient (Wildman–Crippen LogP) is 4.32. The van der Waals surface area contributed by atoms with E-state index in [0.717, 1.165) is 11.1 Å². The van der Waals surface area contributed by atoms with Crippen LogP contribution in [0.1, 0.15) is 43.4 Å². The number of rotatable bonds is 9. The first-order chi connectivity index (χ1) is 18.7. The molecule has 2 fully saturated rings. The third-order valence-electron chi connectivity index (χ3n) is 7.73. The Labute approximate surface area is 236 Å². The lowest BCUT2D eigenvalue weighted by atomic mass is 9.88. The van der Waals surface area contributed by atoms with E-state index >= 15 is 4.39 Å². The number of halogens is 2. The van der Waals surface area contributed by atoms with Gasteiger partial charge in [0, 0.05) is 55.6 Å². The van der Waals surface area contributed by atoms with Gasteiger partial charge in [-0.1, -0.05) is 49.7 Å². The average molecular weight is 559 g/mol. The highest BCUT2D eigenvalue weighted by atomic mass is 35.5. The number of carbonyl (C=O) groups is 2. The van der Waals surface area contributed by atoms with Crippen molar-refractivity contribution in [3.63, 3.8) is 0 Å². The van der Waals surface area contributed by atoms with E-state index in [0.29, 0.717) is 63.1 Å². The van der Waals surface area contributed by atoms with Gasteiger partial charge in [0.05, 0.1) is 30.9 Å². The summed E-state index contributed by atoms with van der Waals surface area (Å²) in [6.07, 6.45) is 0.379. The molecule has 2 heterocycles. The van der Waals surface area contributed by atoms with Crippen molar-refractivity contribution in [3.05, 3.63) is 64.4 Å². The molecule has 0 unspecified atom stereocenters. The molecule has 2 amide bonds. The zero-order valence-electron chi connectivity index (χ0n) is 23.3. The number of anilines is 1. The number of piperazine rings is 1. The van der Waals surface area contributed by atoms with E-state index in [1.165, 1.54) is 6.07 Å². The highest BCUT2D eigenvalue weighted by Crippen LogP contribution is 2.36. The Morgan fingerprint density at radius 1 is 1.08 bits per heavy atom. The van der Waals surface area contributed by atoms with Crippen LogP contribution in [0.2, 0.25) is 5.02 Å². The van der Waals surface area contributed by atoms with Crippen LogP contribution in [-0.4, -0.2) is 81.6 Å². The highest BCUT2D eigenvalue weighted by Gasteiger charge is 2.38. The maximum Gasteiger partial charge on any atom is 0.228 e. The Morgan fingerprint density at radius 2 is 1.77 bits per heavy atom. The lowest BCUT2D eigenvalue weighted by molar-refractivity contribution is -0.136. The smallest absolute Gasteiger partial charge is 0.228 e. The van der Waals surface area contributed by atoms with E-state index in [1.54, 1.807) is 6.07 Å². The van der Waals surface area contributed by atoms with Crippen molar-refractivity contribution in [2.24, 2.45) is 11.8 Å². The largest absolute Gasteiger partial charge is 0.380 e. The van der Waals surface area contributed by atoms with E-state index in [-0.39, 0.29) is 41.4 Å². The minimum absolute atomic E-state index is 0.00567. The Balaban J connectivity index is 1.45. The van der Waals surface area contributed by atoms with Gasteiger partial charge in [-0.25, -0.2) is 4.39 Å². The summed E-state index contributed by atoms with van der Waals surface area (Å²) in [6, 6.07) is 12.4. The topological polar surface area (TPSA) is 65.1 Å². The normalized spacial score (nSPS) is 20.5. The molecule has 0 aliphatic carbocycles. The van der Waals surface area contributed by atoms with E-state index in [9.17, 15) is 9.59 Å². The summed E-state index contributed by atoms with van der Waals surface area (Å²) in [7, 11) is 3.86. The van der Waals surface area contributed by atoms with Crippen molar-refractivity contribution in [1.82, 2.24) is 15.1 Å². The number of nitrogens with one attached hydrogen (secondary N) is 1. The molecular formula is C30H40ClFN4O3. The van der Waals surface area contributed by atoms with E-state index in [1.807, 2.05) is 73.0 Å². The summed E-state index contributed by atoms with van der Waals surface area (Å²) in [6.45, 7) is 7.63. The van der Waals surface area contributed by atoms with Crippen LogP contribution in [0.15, 0.2) is 42.5 Å². The molecule has 2 aliphatic rings. The second-order valence-corrected chi connectivity index (χ2v) is 11.6. The SMILES string of the molecule is CC(C)[C@H](NC(=O)CCN(C)C)c1cccc(F)c1N1CCN(C(=O)[C@H]2COC[C@@H]2c2ccc(Cl)cc2)CC1. The summed E-state index contributed by atoms with van der Waals surface area (Å²) in [5.74, 6) is -0.467. The second-order valence-electron chi connectivity index (χ2n) is 11.1. The van der Waals surface area contributed by atoms with Crippen molar-refractivity contribution in [2.75, 3.05) is 64.9 Å². The van der Waals surface area contributed by atoms with Crippen LogP contribution in [-0.2, 0) is 14.3 Å². The molecule has 3 atom stereocenters. The van der Waals surface area contributed by atoms with Gasteiger partial charge >= 0.3 is 0 Å². The average Bonchev–Trinajstić information content (AvgIpc) is 3.40. The molecule has 2 aliphatic heterocycles. The minimum atomic E-state index is -0.319. The minimum Gasteiger partial charge on any atom is -0.380 e. The fourth-order valence-electron chi connectivity index (χ4n) is 5.51. The summed E-state index contributed by atoms with van der Waals surface area (Å²) in [5.41, 5.74) is 2.34. The first kappa shape index (κ1) is 29.3. The fourth-order valence-corrected chi connectivity index (χ4v) is 5.64. The third-order valence-corrected chi connectivity index (χ3v) is 7.98.